The Morgan fingerprint density at radius 3 is 2.47 bits per heavy atom. The summed E-state index contributed by atoms with van der Waals surface area (Å²) in [5.74, 6) is 0.586. The summed E-state index contributed by atoms with van der Waals surface area (Å²) in [6, 6.07) is 1.92. The molecular weight excluding hydrogens is 218 g/mol. The molecule has 1 saturated heterocycles. The zero-order chi connectivity index (χ0) is 12.3. The minimum absolute atomic E-state index is 0.471. The average molecular weight is 237 g/mol. The fourth-order valence-corrected chi connectivity index (χ4v) is 1.98. The maximum Gasteiger partial charge on any atom is 0.223 e. The maximum absolute atomic E-state index is 10.3. The van der Waals surface area contributed by atoms with Gasteiger partial charge in [-0.15, -0.1) is 0 Å². The Kier molecular flexibility index (Phi) is 3.59. The summed E-state index contributed by atoms with van der Waals surface area (Å²) in [6.45, 7) is 5.57. The van der Waals surface area contributed by atoms with Gasteiger partial charge >= 0.3 is 0 Å². The van der Waals surface area contributed by atoms with Crippen LogP contribution in [0, 0.1) is 13.8 Å². The van der Waals surface area contributed by atoms with Gasteiger partial charge in [-0.3, -0.25) is 0 Å². The predicted octanol–water partition coefficient (Wildman–Crippen LogP) is 1.05. The van der Waals surface area contributed by atoms with Gasteiger partial charge in [0.05, 0.1) is 5.60 Å². The predicted molar refractivity (Wildman–Crippen MR) is 65.0 cm³/mol. The molecule has 0 saturated carbocycles. The first kappa shape index (κ1) is 12.3. The van der Waals surface area contributed by atoms with Crippen LogP contribution in [-0.2, 0) is 4.74 Å². The van der Waals surface area contributed by atoms with E-state index in [2.05, 4.69) is 15.3 Å². The topological polar surface area (TPSA) is 67.3 Å². The molecule has 17 heavy (non-hydrogen) atoms. The molecule has 5 nitrogen and oxygen atoms in total. The zero-order valence-corrected chi connectivity index (χ0v) is 10.4. The SMILES string of the molecule is Cc1cc(C)nc(NCC2(O)CCOCC2)n1. The van der Waals surface area contributed by atoms with Crippen molar-refractivity contribution in [3.8, 4) is 0 Å². The number of aromatic nitrogens is 2. The van der Waals surface area contributed by atoms with E-state index in [0.717, 1.165) is 11.4 Å². The van der Waals surface area contributed by atoms with E-state index in [0.29, 0.717) is 38.5 Å². The highest BCUT2D eigenvalue weighted by Gasteiger charge is 2.29. The molecule has 1 aromatic rings. The highest BCUT2D eigenvalue weighted by atomic mass is 16.5. The van der Waals surface area contributed by atoms with Crippen LogP contribution in [0.15, 0.2) is 6.07 Å². The summed E-state index contributed by atoms with van der Waals surface area (Å²) >= 11 is 0. The van der Waals surface area contributed by atoms with Crippen molar-refractivity contribution in [3.63, 3.8) is 0 Å². The third-order valence-electron chi connectivity index (χ3n) is 2.98. The van der Waals surface area contributed by atoms with Gasteiger partial charge in [-0.2, -0.15) is 0 Å². The molecule has 94 valence electrons. The Morgan fingerprint density at radius 2 is 1.88 bits per heavy atom. The second-order valence-corrected chi connectivity index (χ2v) is 4.66. The van der Waals surface area contributed by atoms with E-state index in [1.54, 1.807) is 0 Å². The molecule has 0 amide bonds. The van der Waals surface area contributed by atoms with Gasteiger partial charge in [-0.05, 0) is 19.9 Å². The van der Waals surface area contributed by atoms with Gasteiger partial charge in [0.15, 0.2) is 0 Å². The van der Waals surface area contributed by atoms with Gasteiger partial charge < -0.3 is 15.2 Å². The Balaban J connectivity index is 1.96. The first-order valence-corrected chi connectivity index (χ1v) is 5.94. The lowest BCUT2D eigenvalue weighted by Crippen LogP contribution is -2.42. The summed E-state index contributed by atoms with van der Waals surface area (Å²) < 4.78 is 5.24. The summed E-state index contributed by atoms with van der Waals surface area (Å²) in [6.07, 6.45) is 1.32. The monoisotopic (exact) mass is 237 g/mol. The molecule has 0 unspecified atom stereocenters. The van der Waals surface area contributed by atoms with Crippen LogP contribution in [0.25, 0.3) is 0 Å². The number of ether oxygens (including phenoxy) is 1. The van der Waals surface area contributed by atoms with E-state index < -0.39 is 5.60 Å². The van der Waals surface area contributed by atoms with Gasteiger partial charge in [0.2, 0.25) is 5.95 Å². The minimum atomic E-state index is -0.695. The van der Waals surface area contributed by atoms with Crippen molar-refractivity contribution in [3.05, 3.63) is 17.5 Å². The van der Waals surface area contributed by atoms with Gasteiger partial charge in [-0.25, -0.2) is 9.97 Å². The molecule has 0 radical (unpaired) electrons. The van der Waals surface area contributed by atoms with E-state index >= 15 is 0 Å². The minimum Gasteiger partial charge on any atom is -0.388 e. The molecule has 0 spiro atoms. The fourth-order valence-electron chi connectivity index (χ4n) is 1.98. The smallest absolute Gasteiger partial charge is 0.223 e. The molecule has 1 aliphatic heterocycles. The van der Waals surface area contributed by atoms with Crippen molar-refractivity contribution in [2.75, 3.05) is 25.1 Å². The number of aryl methyl sites for hydroxylation is 2. The first-order chi connectivity index (χ1) is 8.07. The highest BCUT2D eigenvalue weighted by Crippen LogP contribution is 2.20. The number of aliphatic hydroxyl groups is 1. The Morgan fingerprint density at radius 1 is 1.29 bits per heavy atom. The quantitative estimate of drug-likeness (QED) is 0.822. The summed E-state index contributed by atoms with van der Waals surface area (Å²) in [5.41, 5.74) is 1.16. The Labute approximate surface area is 101 Å². The average Bonchev–Trinajstić information content (AvgIpc) is 2.26. The van der Waals surface area contributed by atoms with E-state index in [9.17, 15) is 5.11 Å². The number of hydrogen-bond acceptors (Lipinski definition) is 5. The van der Waals surface area contributed by atoms with E-state index in [1.807, 2.05) is 19.9 Å². The normalized spacial score (nSPS) is 19.0. The molecule has 0 bridgehead atoms. The molecule has 1 aliphatic rings. The van der Waals surface area contributed by atoms with Gasteiger partial charge in [0.1, 0.15) is 0 Å². The van der Waals surface area contributed by atoms with E-state index in [1.165, 1.54) is 0 Å². The third-order valence-corrected chi connectivity index (χ3v) is 2.98. The largest absolute Gasteiger partial charge is 0.388 e. The van der Waals surface area contributed by atoms with Crippen LogP contribution in [-0.4, -0.2) is 40.4 Å². The van der Waals surface area contributed by atoms with Crippen molar-refractivity contribution in [1.82, 2.24) is 9.97 Å². The molecule has 0 atom stereocenters. The van der Waals surface area contributed by atoms with Gasteiger partial charge in [-0.1, -0.05) is 0 Å². The van der Waals surface area contributed by atoms with Crippen molar-refractivity contribution in [2.24, 2.45) is 0 Å². The Bertz CT molecular complexity index is 369. The lowest BCUT2D eigenvalue weighted by molar-refractivity contribution is -0.0544. The third kappa shape index (κ3) is 3.38. The molecule has 2 heterocycles. The van der Waals surface area contributed by atoms with Crippen molar-refractivity contribution < 1.29 is 9.84 Å². The number of anilines is 1. The van der Waals surface area contributed by atoms with Crippen molar-refractivity contribution >= 4 is 5.95 Å². The molecule has 0 aromatic carbocycles. The van der Waals surface area contributed by atoms with Crippen LogP contribution in [0.1, 0.15) is 24.2 Å². The number of nitrogens with one attached hydrogen (secondary N) is 1. The molecule has 2 N–H and O–H groups in total. The van der Waals surface area contributed by atoms with Gasteiger partial charge in [0.25, 0.3) is 0 Å². The van der Waals surface area contributed by atoms with Gasteiger partial charge in [0, 0.05) is 44.0 Å². The van der Waals surface area contributed by atoms with Crippen LogP contribution in [0.4, 0.5) is 5.95 Å². The number of rotatable bonds is 3. The lowest BCUT2D eigenvalue weighted by atomic mass is 9.94. The number of hydrogen-bond donors (Lipinski definition) is 2. The molecule has 0 aliphatic carbocycles. The molecule has 1 aromatic heterocycles. The zero-order valence-electron chi connectivity index (χ0n) is 10.4. The second kappa shape index (κ2) is 4.98. The van der Waals surface area contributed by atoms with Crippen molar-refractivity contribution in [2.45, 2.75) is 32.3 Å². The summed E-state index contributed by atoms with van der Waals surface area (Å²) in [7, 11) is 0. The highest BCUT2D eigenvalue weighted by molar-refractivity contribution is 5.28. The van der Waals surface area contributed by atoms with E-state index in [-0.39, 0.29) is 0 Å². The lowest BCUT2D eigenvalue weighted by Gasteiger charge is -2.32. The van der Waals surface area contributed by atoms with Crippen molar-refractivity contribution in [1.29, 1.82) is 0 Å². The van der Waals surface area contributed by atoms with Crippen LogP contribution < -0.4 is 5.32 Å². The fraction of sp³-hybridized carbons (Fsp3) is 0.667. The van der Waals surface area contributed by atoms with E-state index in [4.69, 9.17) is 4.74 Å². The Hall–Kier alpha value is -1.20. The second-order valence-electron chi connectivity index (χ2n) is 4.66. The first-order valence-electron chi connectivity index (χ1n) is 5.94. The van der Waals surface area contributed by atoms with Crippen LogP contribution in [0.3, 0.4) is 0 Å². The molecule has 2 rings (SSSR count). The molecule has 1 fully saturated rings. The number of nitrogens with zero attached hydrogens (tertiary/aromatic N) is 2. The van der Waals surface area contributed by atoms with Crippen LogP contribution >= 0.6 is 0 Å². The van der Waals surface area contributed by atoms with Crippen LogP contribution in [0.2, 0.25) is 0 Å². The molecule has 5 heteroatoms. The summed E-state index contributed by atoms with van der Waals surface area (Å²) in [5, 5.41) is 13.4. The summed E-state index contributed by atoms with van der Waals surface area (Å²) in [4.78, 5) is 8.57. The molecular formula is C12H19N3O2. The maximum atomic E-state index is 10.3. The standard InChI is InChI=1S/C12H19N3O2/c1-9-7-10(2)15-11(14-9)13-8-12(16)3-5-17-6-4-12/h7,16H,3-6,8H2,1-2H3,(H,13,14,15). The van der Waals surface area contributed by atoms with Crippen LogP contribution in [0.5, 0.6) is 0 Å².